The van der Waals surface area contributed by atoms with Gasteiger partial charge in [0, 0.05) is 23.8 Å². The SMILES string of the molecule is COc1ccc(C(NC(=O)C2CNC(=O)C2)C(=O)Nc2cc(F)c([Si](C)(C)C)c(F)c2)cc1. The molecule has 1 fully saturated rings. The normalized spacial score (nSPS) is 16.7. The van der Waals surface area contributed by atoms with E-state index in [1.165, 1.54) is 7.11 Å². The summed E-state index contributed by atoms with van der Waals surface area (Å²) in [5.41, 5.74) is 0.390. The molecular formula is C23H27F2N3O4Si. The largest absolute Gasteiger partial charge is 0.497 e. The molecule has 1 aliphatic heterocycles. The minimum absolute atomic E-state index is 0.0252. The number of rotatable bonds is 7. The first-order valence-electron chi connectivity index (χ1n) is 10.5. The van der Waals surface area contributed by atoms with E-state index in [0.717, 1.165) is 12.1 Å². The quantitative estimate of drug-likeness (QED) is 0.536. The van der Waals surface area contributed by atoms with Crippen LogP contribution < -0.4 is 25.9 Å². The molecule has 2 aromatic carbocycles. The number of amides is 3. The Morgan fingerprint density at radius 2 is 1.73 bits per heavy atom. The summed E-state index contributed by atoms with van der Waals surface area (Å²) in [5.74, 6) is -2.89. The first kappa shape index (κ1) is 24.4. The zero-order chi connectivity index (χ0) is 24.3. The summed E-state index contributed by atoms with van der Waals surface area (Å²) in [6.07, 6.45) is 0.0252. The van der Waals surface area contributed by atoms with Crippen LogP contribution in [0.3, 0.4) is 0 Å². The number of ether oxygens (including phenoxy) is 1. The van der Waals surface area contributed by atoms with Crippen molar-refractivity contribution in [2.24, 2.45) is 5.92 Å². The molecule has 1 aliphatic rings. The minimum Gasteiger partial charge on any atom is -0.497 e. The van der Waals surface area contributed by atoms with E-state index in [1.807, 2.05) is 19.6 Å². The third-order valence-corrected chi connectivity index (χ3v) is 7.38. The Morgan fingerprint density at radius 1 is 1.12 bits per heavy atom. The van der Waals surface area contributed by atoms with Crippen LogP contribution in [0.25, 0.3) is 0 Å². The van der Waals surface area contributed by atoms with Crippen molar-refractivity contribution in [3.8, 4) is 5.75 Å². The van der Waals surface area contributed by atoms with Crippen molar-refractivity contribution >= 4 is 36.7 Å². The van der Waals surface area contributed by atoms with Crippen LogP contribution in [0.2, 0.25) is 19.6 Å². The lowest BCUT2D eigenvalue weighted by molar-refractivity contribution is -0.129. The summed E-state index contributed by atoms with van der Waals surface area (Å²) in [7, 11) is -0.778. The molecule has 2 atom stereocenters. The minimum atomic E-state index is -2.28. The average Bonchev–Trinajstić information content (AvgIpc) is 3.16. The predicted molar refractivity (Wildman–Crippen MR) is 123 cm³/mol. The average molecular weight is 476 g/mol. The summed E-state index contributed by atoms with van der Waals surface area (Å²) in [5, 5.41) is 7.79. The van der Waals surface area contributed by atoms with Crippen LogP contribution in [0.5, 0.6) is 5.75 Å². The van der Waals surface area contributed by atoms with Gasteiger partial charge in [-0.3, -0.25) is 14.4 Å². The number of benzene rings is 2. The Kier molecular flexibility index (Phi) is 7.16. The summed E-state index contributed by atoms with van der Waals surface area (Å²) >= 11 is 0. The predicted octanol–water partition coefficient (Wildman–Crippen LogP) is 2.45. The topological polar surface area (TPSA) is 96.5 Å². The molecule has 1 saturated heterocycles. The number of hydrogen-bond donors (Lipinski definition) is 3. The molecule has 10 heteroatoms. The molecule has 7 nitrogen and oxygen atoms in total. The summed E-state index contributed by atoms with van der Waals surface area (Å²) in [4.78, 5) is 37.3. The Labute approximate surface area is 191 Å². The van der Waals surface area contributed by atoms with Crippen LogP contribution in [-0.2, 0) is 14.4 Å². The molecule has 176 valence electrons. The second-order valence-electron chi connectivity index (χ2n) is 8.97. The second-order valence-corrected chi connectivity index (χ2v) is 14.0. The highest BCUT2D eigenvalue weighted by Crippen LogP contribution is 2.22. The molecule has 0 saturated carbocycles. The Balaban J connectivity index is 1.87. The molecule has 1 heterocycles. The first-order chi connectivity index (χ1) is 15.5. The van der Waals surface area contributed by atoms with E-state index in [1.54, 1.807) is 24.3 Å². The maximum absolute atomic E-state index is 14.6. The van der Waals surface area contributed by atoms with E-state index in [4.69, 9.17) is 4.74 Å². The van der Waals surface area contributed by atoms with Crippen molar-refractivity contribution < 1.29 is 27.9 Å². The molecule has 2 unspecified atom stereocenters. The highest BCUT2D eigenvalue weighted by atomic mass is 28.3. The van der Waals surface area contributed by atoms with Crippen molar-refractivity contribution in [2.45, 2.75) is 32.1 Å². The molecule has 0 aromatic heterocycles. The van der Waals surface area contributed by atoms with Crippen LogP contribution in [0.15, 0.2) is 36.4 Å². The van der Waals surface area contributed by atoms with Gasteiger partial charge in [0.25, 0.3) is 5.91 Å². The van der Waals surface area contributed by atoms with Crippen LogP contribution in [0.1, 0.15) is 18.0 Å². The molecule has 33 heavy (non-hydrogen) atoms. The van der Waals surface area contributed by atoms with E-state index >= 15 is 0 Å². The van der Waals surface area contributed by atoms with Gasteiger partial charge in [0.05, 0.1) is 21.1 Å². The summed E-state index contributed by atoms with van der Waals surface area (Å²) < 4.78 is 34.4. The third-order valence-electron chi connectivity index (χ3n) is 5.41. The molecule has 0 bridgehead atoms. The third kappa shape index (κ3) is 5.75. The second kappa shape index (κ2) is 9.70. The monoisotopic (exact) mass is 475 g/mol. The highest BCUT2D eigenvalue weighted by Gasteiger charge is 2.32. The fraction of sp³-hybridized carbons (Fsp3) is 0.348. The molecule has 0 radical (unpaired) electrons. The smallest absolute Gasteiger partial charge is 0.251 e. The molecule has 3 amide bonds. The van der Waals surface area contributed by atoms with Crippen molar-refractivity contribution in [1.29, 1.82) is 0 Å². The fourth-order valence-electron chi connectivity index (χ4n) is 3.72. The van der Waals surface area contributed by atoms with E-state index in [2.05, 4.69) is 16.0 Å². The van der Waals surface area contributed by atoms with Gasteiger partial charge in [-0.25, -0.2) is 8.78 Å². The van der Waals surface area contributed by atoms with Gasteiger partial charge in [0.15, 0.2) is 0 Å². The molecule has 2 aromatic rings. The number of hydrogen-bond acceptors (Lipinski definition) is 4. The van der Waals surface area contributed by atoms with Crippen molar-refractivity contribution in [3.05, 3.63) is 53.6 Å². The zero-order valence-corrected chi connectivity index (χ0v) is 19.9. The van der Waals surface area contributed by atoms with Crippen molar-refractivity contribution in [3.63, 3.8) is 0 Å². The molecule has 3 rings (SSSR count). The molecular weight excluding hydrogens is 448 g/mol. The van der Waals surface area contributed by atoms with Gasteiger partial charge in [-0.1, -0.05) is 31.8 Å². The molecule has 0 aliphatic carbocycles. The van der Waals surface area contributed by atoms with Gasteiger partial charge in [-0.2, -0.15) is 0 Å². The zero-order valence-electron chi connectivity index (χ0n) is 18.9. The Hall–Kier alpha value is -3.27. The van der Waals surface area contributed by atoms with Gasteiger partial charge >= 0.3 is 0 Å². The van der Waals surface area contributed by atoms with E-state index in [-0.39, 0.29) is 29.7 Å². The highest BCUT2D eigenvalue weighted by molar-refractivity contribution is 6.88. The number of nitrogens with one attached hydrogen (secondary N) is 3. The van der Waals surface area contributed by atoms with Gasteiger partial charge < -0.3 is 20.7 Å². The number of halogens is 2. The lowest BCUT2D eigenvalue weighted by atomic mass is 10.0. The van der Waals surface area contributed by atoms with Crippen LogP contribution >= 0.6 is 0 Å². The van der Waals surface area contributed by atoms with Gasteiger partial charge in [-0.05, 0) is 29.8 Å². The number of carbonyl (C=O) groups excluding carboxylic acids is 3. The Morgan fingerprint density at radius 3 is 2.21 bits per heavy atom. The number of methoxy groups -OCH3 is 1. The summed E-state index contributed by atoms with van der Waals surface area (Å²) in [6.45, 7) is 5.65. The van der Waals surface area contributed by atoms with Crippen molar-refractivity contribution in [2.75, 3.05) is 19.0 Å². The van der Waals surface area contributed by atoms with Gasteiger partial charge in [0.1, 0.15) is 23.4 Å². The van der Waals surface area contributed by atoms with Crippen LogP contribution in [0.4, 0.5) is 14.5 Å². The van der Waals surface area contributed by atoms with Crippen LogP contribution in [-0.4, -0.2) is 39.4 Å². The van der Waals surface area contributed by atoms with Crippen molar-refractivity contribution in [1.82, 2.24) is 10.6 Å². The summed E-state index contributed by atoms with van der Waals surface area (Å²) in [6, 6.07) is 7.49. The standard InChI is InChI=1S/C23H27F2N3O4Si/c1-32-16-7-5-13(6-8-16)20(28-22(30)14-9-19(29)26-12-14)23(31)27-15-10-17(24)21(18(25)11-15)33(2,3)4/h5-8,10-11,14,20H,9,12H2,1-4H3,(H,26,29)(H,27,31)(H,28,30). The first-order valence-corrected chi connectivity index (χ1v) is 14.0. The lowest BCUT2D eigenvalue weighted by Gasteiger charge is -2.22. The van der Waals surface area contributed by atoms with E-state index in [0.29, 0.717) is 11.3 Å². The van der Waals surface area contributed by atoms with E-state index in [9.17, 15) is 23.2 Å². The maximum atomic E-state index is 14.6. The van der Waals surface area contributed by atoms with Gasteiger partial charge in [-0.15, -0.1) is 0 Å². The Bertz CT molecular complexity index is 1050. The fourth-order valence-corrected chi connectivity index (χ4v) is 5.30. The number of carbonyl (C=O) groups is 3. The number of anilines is 1. The van der Waals surface area contributed by atoms with E-state index < -0.39 is 43.5 Å². The van der Waals surface area contributed by atoms with Crippen LogP contribution in [0, 0.1) is 17.6 Å². The lowest BCUT2D eigenvalue weighted by Crippen LogP contribution is -2.43. The molecule has 0 spiro atoms. The van der Waals surface area contributed by atoms with Gasteiger partial charge in [0.2, 0.25) is 11.8 Å². The molecule has 3 N–H and O–H groups in total. The maximum Gasteiger partial charge on any atom is 0.251 e.